The molecule has 0 saturated carbocycles. The number of rotatable bonds is 2. The molecule has 1 amide bonds. The second-order valence-corrected chi connectivity index (χ2v) is 5.08. The van der Waals surface area contributed by atoms with E-state index in [1.54, 1.807) is 13.0 Å². The molecule has 0 aliphatic rings. The number of aryl methyl sites for hydroxylation is 2. The molecule has 2 rings (SSSR count). The largest absolute Gasteiger partial charge is 0.508 e. The number of nitrogen functional groups attached to an aromatic ring is 1. The van der Waals surface area contributed by atoms with Crippen LogP contribution >= 0.6 is 11.3 Å². The summed E-state index contributed by atoms with van der Waals surface area (Å²) in [5.74, 6) is -0.175. The highest BCUT2D eigenvalue weighted by molar-refractivity contribution is 7.13. The number of nitrogens with one attached hydrogen (secondary N) is 1. The highest BCUT2D eigenvalue weighted by Crippen LogP contribution is 2.25. The van der Waals surface area contributed by atoms with E-state index in [4.69, 9.17) is 5.73 Å². The van der Waals surface area contributed by atoms with Gasteiger partial charge in [0.1, 0.15) is 10.6 Å². The summed E-state index contributed by atoms with van der Waals surface area (Å²) in [6.45, 7) is 3.64. The zero-order valence-electron chi connectivity index (χ0n) is 10.0. The Balaban J connectivity index is 2.24. The number of amides is 1. The second-order valence-electron chi connectivity index (χ2n) is 3.87. The van der Waals surface area contributed by atoms with Crippen LogP contribution in [0.3, 0.4) is 0 Å². The van der Waals surface area contributed by atoms with Crippen LogP contribution in [-0.4, -0.2) is 16.0 Å². The number of aromatic nitrogens is 1. The number of phenols is 1. The summed E-state index contributed by atoms with van der Waals surface area (Å²) in [5.41, 5.74) is 7.20. The van der Waals surface area contributed by atoms with Crippen LogP contribution in [0.5, 0.6) is 5.75 Å². The number of phenolic OH excluding ortho intramolecular Hbond substituents is 1. The topological polar surface area (TPSA) is 88.2 Å². The minimum atomic E-state index is -0.240. The number of thiazole rings is 1. The lowest BCUT2D eigenvalue weighted by Crippen LogP contribution is -2.12. The first-order valence-corrected chi connectivity index (χ1v) is 6.13. The third-order valence-corrected chi connectivity index (χ3v) is 3.46. The van der Waals surface area contributed by atoms with Gasteiger partial charge in [0.2, 0.25) is 0 Å². The van der Waals surface area contributed by atoms with Crippen LogP contribution in [0.25, 0.3) is 0 Å². The van der Waals surface area contributed by atoms with Gasteiger partial charge in [-0.25, -0.2) is 4.98 Å². The third kappa shape index (κ3) is 2.43. The van der Waals surface area contributed by atoms with Gasteiger partial charge in [-0.1, -0.05) is 0 Å². The summed E-state index contributed by atoms with van der Waals surface area (Å²) in [7, 11) is 0. The fourth-order valence-electron chi connectivity index (χ4n) is 1.59. The molecule has 0 spiro atoms. The van der Waals surface area contributed by atoms with E-state index in [0.717, 1.165) is 5.01 Å². The van der Waals surface area contributed by atoms with Crippen molar-refractivity contribution in [1.29, 1.82) is 0 Å². The summed E-state index contributed by atoms with van der Waals surface area (Å²) in [6, 6.07) is 4.42. The van der Waals surface area contributed by atoms with Crippen molar-refractivity contribution in [2.45, 2.75) is 13.8 Å². The van der Waals surface area contributed by atoms with Crippen molar-refractivity contribution in [3.8, 4) is 5.75 Å². The van der Waals surface area contributed by atoms with Gasteiger partial charge in [0, 0.05) is 6.07 Å². The lowest BCUT2D eigenvalue weighted by Gasteiger charge is -2.07. The average Bonchev–Trinajstić information content (AvgIpc) is 2.62. The molecule has 6 heteroatoms. The molecule has 4 N–H and O–H groups in total. The molecule has 0 bridgehead atoms. The maximum Gasteiger partial charge on any atom is 0.267 e. The molecule has 2 aromatic rings. The fourth-order valence-corrected chi connectivity index (χ4v) is 2.40. The van der Waals surface area contributed by atoms with Crippen molar-refractivity contribution in [2.75, 3.05) is 11.1 Å². The highest BCUT2D eigenvalue weighted by atomic mass is 32.1. The van der Waals surface area contributed by atoms with Crippen molar-refractivity contribution in [3.05, 3.63) is 33.8 Å². The molecule has 1 aromatic carbocycles. The van der Waals surface area contributed by atoms with Gasteiger partial charge in [-0.05, 0) is 26.0 Å². The molecule has 0 aliphatic heterocycles. The number of carbonyl (C=O) groups excluding carboxylic acids is 1. The summed E-state index contributed by atoms with van der Waals surface area (Å²) < 4.78 is 0. The van der Waals surface area contributed by atoms with Crippen LogP contribution in [0.15, 0.2) is 18.2 Å². The Morgan fingerprint density at radius 3 is 2.72 bits per heavy atom. The number of hydrogen-bond acceptors (Lipinski definition) is 5. The van der Waals surface area contributed by atoms with Crippen molar-refractivity contribution < 1.29 is 9.90 Å². The molecule has 0 saturated heterocycles. The number of aromatic hydroxyl groups is 1. The van der Waals surface area contributed by atoms with Crippen LogP contribution < -0.4 is 11.1 Å². The molecule has 94 valence electrons. The Morgan fingerprint density at radius 2 is 2.17 bits per heavy atom. The van der Waals surface area contributed by atoms with Crippen molar-refractivity contribution >= 4 is 28.6 Å². The zero-order valence-corrected chi connectivity index (χ0v) is 10.8. The summed E-state index contributed by atoms with van der Waals surface area (Å²) in [4.78, 5) is 16.8. The van der Waals surface area contributed by atoms with Crippen LogP contribution in [-0.2, 0) is 0 Å². The monoisotopic (exact) mass is 263 g/mol. The number of hydrogen-bond donors (Lipinski definition) is 3. The Labute approximate surface area is 108 Å². The van der Waals surface area contributed by atoms with Gasteiger partial charge in [-0.15, -0.1) is 11.3 Å². The van der Waals surface area contributed by atoms with Gasteiger partial charge in [0.15, 0.2) is 0 Å². The van der Waals surface area contributed by atoms with Gasteiger partial charge >= 0.3 is 0 Å². The zero-order chi connectivity index (χ0) is 13.3. The van der Waals surface area contributed by atoms with E-state index < -0.39 is 0 Å². The molecule has 0 fully saturated rings. The molecule has 18 heavy (non-hydrogen) atoms. The Bertz CT molecular complexity index is 607. The predicted octanol–water partition coefficient (Wildman–Crippen LogP) is 2.30. The Hall–Kier alpha value is -2.08. The first kappa shape index (κ1) is 12.4. The Morgan fingerprint density at radius 1 is 1.44 bits per heavy atom. The molecule has 0 atom stereocenters. The van der Waals surface area contributed by atoms with Gasteiger partial charge < -0.3 is 16.2 Å². The first-order valence-electron chi connectivity index (χ1n) is 5.31. The third-order valence-electron chi connectivity index (χ3n) is 2.39. The number of nitrogens with zero attached hydrogens (tertiary/aromatic N) is 1. The molecule has 5 nitrogen and oxygen atoms in total. The predicted molar refractivity (Wildman–Crippen MR) is 72.1 cm³/mol. The van der Waals surface area contributed by atoms with E-state index in [0.29, 0.717) is 21.9 Å². The number of anilines is 2. The summed E-state index contributed by atoms with van der Waals surface area (Å²) in [5, 5.41) is 12.8. The van der Waals surface area contributed by atoms with Crippen LogP contribution in [0, 0.1) is 13.8 Å². The average molecular weight is 263 g/mol. The number of carbonyl (C=O) groups is 1. The number of benzene rings is 1. The lowest BCUT2D eigenvalue weighted by molar-refractivity contribution is 0.103. The molecule has 0 radical (unpaired) electrons. The smallest absolute Gasteiger partial charge is 0.267 e. The first-order chi connectivity index (χ1) is 8.47. The quantitative estimate of drug-likeness (QED) is 0.573. The molecule has 0 aliphatic carbocycles. The van der Waals surface area contributed by atoms with Gasteiger partial charge in [-0.3, -0.25) is 4.79 Å². The molecular formula is C12H13N3O2S. The van der Waals surface area contributed by atoms with Crippen molar-refractivity contribution in [2.24, 2.45) is 0 Å². The van der Waals surface area contributed by atoms with E-state index >= 15 is 0 Å². The van der Waals surface area contributed by atoms with Crippen LogP contribution in [0.2, 0.25) is 0 Å². The van der Waals surface area contributed by atoms with E-state index in [2.05, 4.69) is 10.3 Å². The second kappa shape index (κ2) is 4.66. The SMILES string of the molecule is Cc1nc(C)c(C(=O)Nc2ccc(O)cc2N)s1. The maximum absolute atomic E-state index is 12.0. The molecule has 0 unspecified atom stereocenters. The van der Waals surface area contributed by atoms with E-state index in [9.17, 15) is 9.90 Å². The summed E-state index contributed by atoms with van der Waals surface area (Å²) >= 11 is 1.34. The fraction of sp³-hybridized carbons (Fsp3) is 0.167. The van der Waals surface area contributed by atoms with E-state index in [-0.39, 0.29) is 11.7 Å². The minimum absolute atomic E-state index is 0.0651. The Kier molecular flexibility index (Phi) is 3.20. The van der Waals surface area contributed by atoms with Crippen LogP contribution in [0.1, 0.15) is 20.4 Å². The lowest BCUT2D eigenvalue weighted by atomic mass is 10.2. The van der Waals surface area contributed by atoms with E-state index in [1.165, 1.54) is 23.5 Å². The molecular weight excluding hydrogens is 250 g/mol. The summed E-state index contributed by atoms with van der Waals surface area (Å²) in [6.07, 6.45) is 0. The van der Waals surface area contributed by atoms with Gasteiger partial charge in [-0.2, -0.15) is 0 Å². The van der Waals surface area contributed by atoms with E-state index in [1.807, 2.05) is 6.92 Å². The van der Waals surface area contributed by atoms with Crippen molar-refractivity contribution in [3.63, 3.8) is 0 Å². The minimum Gasteiger partial charge on any atom is -0.508 e. The van der Waals surface area contributed by atoms with Crippen LogP contribution in [0.4, 0.5) is 11.4 Å². The van der Waals surface area contributed by atoms with Gasteiger partial charge in [0.05, 0.1) is 22.1 Å². The number of nitrogens with two attached hydrogens (primary N) is 1. The normalized spacial score (nSPS) is 10.3. The highest BCUT2D eigenvalue weighted by Gasteiger charge is 2.14. The molecule has 1 heterocycles. The van der Waals surface area contributed by atoms with Gasteiger partial charge in [0.25, 0.3) is 5.91 Å². The van der Waals surface area contributed by atoms with Crippen molar-refractivity contribution in [1.82, 2.24) is 4.98 Å². The standard InChI is InChI=1S/C12H13N3O2S/c1-6-11(18-7(2)14-6)12(17)15-10-4-3-8(16)5-9(10)13/h3-5,16H,13H2,1-2H3,(H,15,17). The maximum atomic E-state index is 12.0. The molecule has 1 aromatic heterocycles.